The first-order valence-corrected chi connectivity index (χ1v) is 74.2. The van der Waals surface area contributed by atoms with Crippen molar-refractivity contribution in [2.45, 2.75) is 0 Å². The number of rotatable bonds is 0. The fraction of sp³-hybridized carbons (Fsp3) is 0. The maximum Gasteiger partial charge on any atom is -0.172 e. The van der Waals surface area contributed by atoms with Gasteiger partial charge in [0.15, 0.2) is 0 Å². The second kappa shape index (κ2) is 39.1. The van der Waals surface area contributed by atoms with E-state index in [-0.39, 0.29) is 352 Å². The second-order valence-electron chi connectivity index (χ2n) is 2.92. The largest absolute Gasteiger partial charge is 0.537 e. The molecule has 0 atom stereocenters. The van der Waals surface area contributed by atoms with Gasteiger partial charge in [0.1, 0.15) is 0 Å². The topological polar surface area (TPSA) is 25.8 Å². The van der Waals surface area contributed by atoms with E-state index in [1.165, 1.54) is 0 Å². The van der Waals surface area contributed by atoms with E-state index in [9.17, 15) is 0 Å². The standard InChI is InChI=1S/C12H4N2.10Rb.2H/c1-3-9-5-6-10-4-2-8-14-12(10)11(9)13-7-1;;;;;;;;;;;;/h1-2,5-6H;;;;;;;;;;;;/q-4;;;;;6*+1;2*-1. The van der Waals surface area contributed by atoms with Crippen molar-refractivity contribution in [2.24, 2.45) is 0 Å². The SMILES string of the molecule is [H-].[H-].[Rb+].[Rb+].[Rb+].[Rb+].[Rb+].[Rb+].[Rb][Rb].[Rb][Rb].[c-]1c[c-]c2ccc3[c-]c[c-]nc3c2n1. The monoisotopic (exact) mass is 1030 g/mol. The van der Waals surface area contributed by atoms with E-state index in [1.54, 1.807) is 12.1 Å². The molecule has 0 amide bonds. The van der Waals surface area contributed by atoms with Crippen LogP contribution in [0.5, 0.6) is 0 Å². The normalized spacial score (nSPS) is 7.00. The van der Waals surface area contributed by atoms with E-state index < -0.39 is 0 Å². The Morgan fingerprint density at radius 3 is 1.21 bits per heavy atom. The number of hydrogen-bond acceptors (Lipinski definition) is 2. The molecule has 3 rings (SSSR count). The molecule has 0 radical (unpaired) electrons. The third kappa shape index (κ3) is 23.6. The maximum atomic E-state index is 4.15. The molecule has 74 valence electrons. The Bertz CT molecular complexity index is 581. The molecular formula is C12H6N2Rb10. The smallest absolute Gasteiger partial charge is 0.172 e. The van der Waals surface area contributed by atoms with Crippen molar-refractivity contribution < 1.29 is 352 Å². The van der Waals surface area contributed by atoms with Crippen LogP contribution in [0.15, 0.2) is 24.3 Å². The molecule has 0 aliphatic heterocycles. The third-order valence-electron chi connectivity index (χ3n) is 2.09. The summed E-state index contributed by atoms with van der Waals surface area (Å²) >= 11 is 4.64. The predicted octanol–water partition coefficient (Wildman–Crippen LogP) is -17.3. The van der Waals surface area contributed by atoms with Crippen LogP contribution in [-0.2, 0) is 0 Å². The summed E-state index contributed by atoms with van der Waals surface area (Å²) in [6, 6.07) is 13.4. The van der Waals surface area contributed by atoms with Gasteiger partial charge in [-0.15, -0.1) is 0 Å². The summed E-state index contributed by atoms with van der Waals surface area (Å²) in [5, 5.41) is 1.88. The molecule has 0 aliphatic carbocycles. The van der Waals surface area contributed by atoms with Crippen molar-refractivity contribution in [3.63, 3.8) is 0 Å². The molecule has 2 aromatic heterocycles. The number of benzene rings is 1. The van der Waals surface area contributed by atoms with E-state index in [4.69, 9.17) is 0 Å². The Morgan fingerprint density at radius 2 is 0.917 bits per heavy atom. The van der Waals surface area contributed by atoms with Crippen LogP contribution in [0.3, 0.4) is 0 Å². The molecular weight excluding hydrogens is 1030 g/mol. The van der Waals surface area contributed by atoms with Gasteiger partial charge in [-0.3, -0.25) is 29.1 Å². The Hall–Kier alpha value is 16.1. The summed E-state index contributed by atoms with van der Waals surface area (Å²) in [5.74, 6) is 0. The second-order valence-corrected chi connectivity index (χ2v) is 2.92. The minimum Gasteiger partial charge on any atom is -0.537 e. The average Bonchev–Trinajstić information content (AvgIpc) is 2.51. The summed E-state index contributed by atoms with van der Waals surface area (Å²) in [6.45, 7) is 0. The van der Waals surface area contributed by atoms with Gasteiger partial charge in [-0.25, -0.2) is 23.2 Å². The molecule has 24 heavy (non-hydrogen) atoms. The van der Waals surface area contributed by atoms with E-state index in [2.05, 4.69) is 34.5 Å². The fourth-order valence-electron chi connectivity index (χ4n) is 1.45. The average molecular weight is 1030 g/mol. The number of nitrogens with zero attached hydrogens (tertiary/aromatic N) is 2. The van der Waals surface area contributed by atoms with Gasteiger partial charge in [-0.05, 0) is 0 Å². The van der Waals surface area contributed by atoms with E-state index in [1.807, 2.05) is 12.1 Å². The zero-order chi connectivity index (χ0) is 13.4. The minimum atomic E-state index is 0. The Morgan fingerprint density at radius 1 is 0.625 bits per heavy atom. The van der Waals surface area contributed by atoms with E-state index in [0.717, 1.165) is 157 Å². The Balaban J connectivity index is -0.0000000425. The van der Waals surface area contributed by atoms with Crippen molar-refractivity contribution in [1.82, 2.24) is 9.97 Å². The summed E-state index contributed by atoms with van der Waals surface area (Å²) in [7, 11) is 0. The van der Waals surface area contributed by atoms with Gasteiger partial charge in [-0.2, -0.15) is 12.3 Å². The quantitative estimate of drug-likeness (QED) is 0.166. The van der Waals surface area contributed by atoms with E-state index >= 15 is 0 Å². The van der Waals surface area contributed by atoms with Gasteiger partial charge in [0, 0.05) is 0 Å². The molecule has 0 bridgehead atoms. The summed E-state index contributed by atoms with van der Waals surface area (Å²) in [5.41, 5.74) is 1.61. The van der Waals surface area contributed by atoms with Crippen molar-refractivity contribution in [3.8, 4) is 0 Å². The van der Waals surface area contributed by atoms with E-state index in [0.29, 0.717) is 0 Å². The summed E-state index contributed by atoms with van der Waals surface area (Å²) < 4.78 is 0. The third-order valence-corrected chi connectivity index (χ3v) is 2.09. The van der Waals surface area contributed by atoms with Crippen LogP contribution in [0.1, 0.15) is 2.85 Å². The van der Waals surface area contributed by atoms with Crippen LogP contribution in [0.2, 0.25) is 0 Å². The Kier molecular flexibility index (Phi) is 85.9. The first-order valence-electron chi connectivity index (χ1n) is 6.21. The Labute approximate surface area is 540 Å². The molecule has 3 aromatic rings. The van der Waals surface area contributed by atoms with Crippen LogP contribution >= 0.6 is 0 Å². The van der Waals surface area contributed by atoms with Crippen LogP contribution < -0.4 is 349 Å². The fourth-order valence-corrected chi connectivity index (χ4v) is 1.45. The van der Waals surface area contributed by atoms with Crippen LogP contribution in [0, 0.1) is 24.5 Å². The maximum absolute atomic E-state index is 4.15. The van der Waals surface area contributed by atoms with Gasteiger partial charge in [0.05, 0.1) is 0 Å². The summed E-state index contributed by atoms with van der Waals surface area (Å²) in [6.07, 6.45) is 5.51. The molecule has 12 heteroatoms. The van der Waals surface area contributed by atoms with Crippen LogP contribution in [0.4, 0.5) is 0 Å². The zero-order valence-corrected chi connectivity index (χ0v) is 66.4. The molecule has 0 unspecified atom stereocenters. The van der Waals surface area contributed by atoms with Gasteiger partial charge in [0.2, 0.25) is 0 Å². The first kappa shape index (κ1) is 52.7. The molecule has 0 fully saturated rings. The molecule has 0 saturated carbocycles. The number of aromatic nitrogens is 2. The zero-order valence-electron chi connectivity index (χ0n) is 19.2. The number of fused-ring (bicyclic) bond motifs is 3. The molecule has 1 aromatic carbocycles. The minimum absolute atomic E-state index is 0. The van der Waals surface area contributed by atoms with Gasteiger partial charge in [-0.1, -0.05) is 0 Å². The van der Waals surface area contributed by atoms with Gasteiger partial charge < -0.3 is 18.9 Å². The predicted molar refractivity (Wildman–Crippen MR) is 77.6 cm³/mol. The van der Waals surface area contributed by atoms with Crippen molar-refractivity contribution in [1.29, 1.82) is 0 Å². The van der Waals surface area contributed by atoms with Crippen molar-refractivity contribution >= 4 is 157 Å². The molecule has 0 saturated heterocycles. The van der Waals surface area contributed by atoms with Gasteiger partial charge in [0.25, 0.3) is 0 Å². The first-order chi connectivity index (χ1) is 8.95. The molecule has 0 spiro atoms. The summed E-state index contributed by atoms with van der Waals surface area (Å²) in [4.78, 5) is 8.30. The van der Waals surface area contributed by atoms with Gasteiger partial charge >= 0.3 is 485 Å². The molecule has 0 aliphatic rings. The van der Waals surface area contributed by atoms with Crippen LogP contribution in [0.25, 0.3) is 21.8 Å². The number of hydrogen-bond donors (Lipinski definition) is 0. The van der Waals surface area contributed by atoms with Crippen molar-refractivity contribution in [3.05, 3.63) is 48.8 Å². The van der Waals surface area contributed by atoms with Crippen molar-refractivity contribution in [2.75, 3.05) is 0 Å². The number of pyridine rings is 2. The molecule has 0 N–H and O–H groups in total. The molecule has 2 nitrogen and oxygen atoms in total. The van der Waals surface area contributed by atoms with Crippen LogP contribution in [-0.4, -0.2) is 145 Å². The molecule has 2 heterocycles.